The molecule has 7 heteroatoms. The molecule has 1 aromatic rings. The number of guanidine groups is 1. The Morgan fingerprint density at radius 3 is 2.33 bits per heavy atom. The van der Waals surface area contributed by atoms with E-state index in [1.807, 2.05) is 0 Å². The molecule has 0 bridgehead atoms. The van der Waals surface area contributed by atoms with Crippen LogP contribution in [0.1, 0.15) is 47.5 Å². The first-order chi connectivity index (χ1) is 9.77. The molecule has 4 N–H and O–H groups in total. The van der Waals surface area contributed by atoms with E-state index in [9.17, 15) is 13.2 Å². The van der Waals surface area contributed by atoms with Gasteiger partial charge in [-0.2, -0.15) is 4.99 Å². The lowest BCUT2D eigenvalue weighted by molar-refractivity contribution is 0.100. The van der Waals surface area contributed by atoms with E-state index in [0.717, 1.165) is 37.5 Å². The topological polar surface area (TPSA) is 116 Å². The molecule has 2 rings (SSSR count). The van der Waals surface area contributed by atoms with Crippen LogP contribution in [0.4, 0.5) is 0 Å². The quantitative estimate of drug-likeness (QED) is 0.642. The van der Waals surface area contributed by atoms with Crippen molar-refractivity contribution < 1.29 is 13.2 Å². The number of aliphatic imine (C=N–C) groups is 1. The fraction of sp³-hybridized carbons (Fsp3) is 0.429. The van der Waals surface area contributed by atoms with Crippen LogP contribution in [-0.4, -0.2) is 26.5 Å². The molecule has 21 heavy (non-hydrogen) atoms. The van der Waals surface area contributed by atoms with E-state index in [2.05, 4.69) is 4.99 Å². The number of nitrogens with zero attached hydrogens (tertiary/aromatic N) is 1. The summed E-state index contributed by atoms with van der Waals surface area (Å²) < 4.78 is 23.6. The molecular formula is C14H19N3O3S. The van der Waals surface area contributed by atoms with Gasteiger partial charge in [-0.25, -0.2) is 8.42 Å². The molecule has 1 aromatic carbocycles. The lowest BCUT2D eigenvalue weighted by Gasteiger charge is -2.12. The molecule has 114 valence electrons. The fourth-order valence-electron chi connectivity index (χ4n) is 2.64. The Labute approximate surface area is 124 Å². The third-order valence-corrected chi connectivity index (χ3v) is 4.75. The maximum Gasteiger partial charge on any atom is 0.280 e. The molecule has 0 radical (unpaired) electrons. The fourth-order valence-corrected chi connectivity index (χ4v) is 3.33. The van der Waals surface area contributed by atoms with Gasteiger partial charge in [-0.05, 0) is 42.5 Å². The molecule has 0 saturated heterocycles. The van der Waals surface area contributed by atoms with Crippen molar-refractivity contribution in [1.82, 2.24) is 0 Å². The summed E-state index contributed by atoms with van der Waals surface area (Å²) in [5.41, 5.74) is 11.5. The second-order valence-corrected chi connectivity index (χ2v) is 7.40. The van der Waals surface area contributed by atoms with E-state index >= 15 is 0 Å². The number of hydrogen-bond acceptors (Lipinski definition) is 3. The summed E-state index contributed by atoms with van der Waals surface area (Å²) in [7, 11) is -3.40. The maximum atomic E-state index is 12.0. The van der Waals surface area contributed by atoms with Gasteiger partial charge in [-0.1, -0.05) is 12.8 Å². The lowest BCUT2D eigenvalue weighted by Crippen LogP contribution is -2.24. The van der Waals surface area contributed by atoms with Crippen molar-refractivity contribution in [3.63, 3.8) is 0 Å². The summed E-state index contributed by atoms with van der Waals surface area (Å²) in [6.45, 7) is 0. The van der Waals surface area contributed by atoms with E-state index in [1.54, 1.807) is 12.1 Å². The zero-order chi connectivity index (χ0) is 15.6. The van der Waals surface area contributed by atoms with Crippen molar-refractivity contribution in [3.05, 3.63) is 29.3 Å². The van der Waals surface area contributed by atoms with E-state index in [0.29, 0.717) is 0 Å². The van der Waals surface area contributed by atoms with E-state index < -0.39 is 15.7 Å². The van der Waals surface area contributed by atoms with Crippen LogP contribution in [0, 0.1) is 0 Å². The zero-order valence-electron chi connectivity index (χ0n) is 11.9. The number of amides is 1. The van der Waals surface area contributed by atoms with Crippen LogP contribution >= 0.6 is 0 Å². The second-order valence-electron chi connectivity index (χ2n) is 5.39. The zero-order valence-corrected chi connectivity index (χ0v) is 12.7. The Balaban J connectivity index is 2.52. The molecule has 0 unspecified atom stereocenters. The highest BCUT2D eigenvalue weighted by Gasteiger charge is 2.21. The van der Waals surface area contributed by atoms with Crippen molar-refractivity contribution in [2.45, 2.75) is 36.5 Å². The summed E-state index contributed by atoms with van der Waals surface area (Å²) in [6.07, 6.45) is 5.36. The first-order valence-corrected chi connectivity index (χ1v) is 8.65. The van der Waals surface area contributed by atoms with Gasteiger partial charge in [0.15, 0.2) is 15.8 Å². The number of hydrogen-bond donors (Lipinski definition) is 2. The smallest absolute Gasteiger partial charge is 0.280 e. The van der Waals surface area contributed by atoms with E-state index in [-0.39, 0.29) is 22.3 Å². The molecule has 1 aliphatic carbocycles. The van der Waals surface area contributed by atoms with Gasteiger partial charge >= 0.3 is 0 Å². The average Bonchev–Trinajstić information content (AvgIpc) is 2.90. The molecule has 1 saturated carbocycles. The minimum atomic E-state index is -3.40. The Hall–Kier alpha value is -1.89. The molecule has 6 nitrogen and oxygen atoms in total. The highest BCUT2D eigenvalue weighted by Crippen LogP contribution is 2.35. The van der Waals surface area contributed by atoms with Gasteiger partial charge in [-0.15, -0.1) is 0 Å². The number of rotatable bonds is 3. The number of benzene rings is 1. The van der Waals surface area contributed by atoms with Gasteiger partial charge in [0.05, 0.1) is 4.90 Å². The largest absolute Gasteiger partial charge is 0.370 e. The highest BCUT2D eigenvalue weighted by atomic mass is 32.2. The highest BCUT2D eigenvalue weighted by molar-refractivity contribution is 7.90. The summed E-state index contributed by atoms with van der Waals surface area (Å²) in [5, 5.41) is 0. The molecule has 1 amide bonds. The van der Waals surface area contributed by atoms with Crippen molar-refractivity contribution in [3.8, 4) is 0 Å². The number of carbonyl (C=O) groups excluding carboxylic acids is 1. The van der Waals surface area contributed by atoms with Crippen molar-refractivity contribution in [2.24, 2.45) is 16.5 Å². The molecule has 0 spiro atoms. The Morgan fingerprint density at radius 1 is 1.19 bits per heavy atom. The average molecular weight is 309 g/mol. The Kier molecular flexibility index (Phi) is 4.32. The molecule has 0 aromatic heterocycles. The Morgan fingerprint density at radius 2 is 1.81 bits per heavy atom. The van der Waals surface area contributed by atoms with Crippen LogP contribution in [0.2, 0.25) is 0 Å². The number of carbonyl (C=O) groups is 1. The summed E-state index contributed by atoms with van der Waals surface area (Å²) in [6, 6.07) is 4.67. The summed E-state index contributed by atoms with van der Waals surface area (Å²) >= 11 is 0. The third-order valence-electron chi connectivity index (χ3n) is 3.66. The summed E-state index contributed by atoms with van der Waals surface area (Å²) in [5.74, 6) is -0.677. The van der Waals surface area contributed by atoms with Gasteiger partial charge in [-0.3, -0.25) is 4.79 Å². The predicted molar refractivity (Wildman–Crippen MR) is 80.9 cm³/mol. The molecule has 1 fully saturated rings. The van der Waals surface area contributed by atoms with Crippen LogP contribution in [0.15, 0.2) is 28.1 Å². The van der Waals surface area contributed by atoms with Crippen LogP contribution in [0.3, 0.4) is 0 Å². The van der Waals surface area contributed by atoms with Gasteiger partial charge in [0.2, 0.25) is 0 Å². The first kappa shape index (κ1) is 15.5. The Bertz CT molecular complexity index is 685. The van der Waals surface area contributed by atoms with Gasteiger partial charge in [0, 0.05) is 11.8 Å². The van der Waals surface area contributed by atoms with Crippen molar-refractivity contribution >= 4 is 21.7 Å². The van der Waals surface area contributed by atoms with Crippen LogP contribution in [0.5, 0.6) is 0 Å². The molecular weight excluding hydrogens is 290 g/mol. The molecule has 0 heterocycles. The summed E-state index contributed by atoms with van der Waals surface area (Å²) in [4.78, 5) is 15.6. The molecule has 0 atom stereocenters. The van der Waals surface area contributed by atoms with Crippen LogP contribution in [-0.2, 0) is 9.84 Å². The number of sulfone groups is 1. The second kappa shape index (κ2) is 5.85. The normalized spacial score (nSPS) is 15.9. The SMILES string of the molecule is CS(=O)(=O)c1cc(C(=O)N=C(N)N)cc(C2CCCC2)c1. The number of nitrogens with two attached hydrogens (primary N) is 2. The minimum Gasteiger partial charge on any atom is -0.370 e. The predicted octanol–water partition coefficient (Wildman–Crippen LogP) is 1.16. The van der Waals surface area contributed by atoms with Gasteiger partial charge < -0.3 is 11.5 Å². The van der Waals surface area contributed by atoms with Gasteiger partial charge in [0.1, 0.15) is 0 Å². The standard InChI is InChI=1S/C14H19N3O3S/c1-21(19,20)12-7-10(9-4-2-3-5-9)6-11(8-12)13(18)17-14(15)16/h6-9H,2-5H2,1H3,(H4,15,16,17,18). The lowest BCUT2D eigenvalue weighted by atomic mass is 9.96. The van der Waals surface area contributed by atoms with Crippen molar-refractivity contribution in [2.75, 3.05) is 6.26 Å². The third kappa shape index (κ3) is 3.81. The maximum absolute atomic E-state index is 12.0. The van der Waals surface area contributed by atoms with Gasteiger partial charge in [0.25, 0.3) is 5.91 Å². The van der Waals surface area contributed by atoms with Crippen LogP contribution in [0.25, 0.3) is 0 Å². The molecule has 0 aliphatic heterocycles. The van der Waals surface area contributed by atoms with Crippen LogP contribution < -0.4 is 11.5 Å². The minimum absolute atomic E-state index is 0.126. The monoisotopic (exact) mass is 309 g/mol. The molecule has 1 aliphatic rings. The van der Waals surface area contributed by atoms with E-state index in [4.69, 9.17) is 11.5 Å². The van der Waals surface area contributed by atoms with E-state index in [1.165, 1.54) is 6.07 Å². The van der Waals surface area contributed by atoms with Crippen molar-refractivity contribution in [1.29, 1.82) is 0 Å². The first-order valence-electron chi connectivity index (χ1n) is 6.76.